The summed E-state index contributed by atoms with van der Waals surface area (Å²) < 4.78 is 0. The van der Waals surface area contributed by atoms with Crippen LogP contribution in [0.15, 0.2) is 60.9 Å². The standard InChI is InChI=1S/C23H23N5O2/c1-16(29)17-6-4-8-19(14-17)26-23(30)27-20-9-5-7-18(15-20)21-22(25-11-10-24-21)28-12-2-3-13-28/h4-11,14-15H,2-3,12-13H2,1H3,(H2,26,27,30). The Hall–Kier alpha value is -3.74. The highest BCUT2D eigenvalue weighted by Crippen LogP contribution is 2.30. The second-order valence-corrected chi connectivity index (χ2v) is 7.22. The maximum atomic E-state index is 12.4. The van der Waals surface area contributed by atoms with Crippen molar-refractivity contribution in [2.45, 2.75) is 19.8 Å². The van der Waals surface area contributed by atoms with E-state index in [1.807, 2.05) is 24.3 Å². The van der Waals surface area contributed by atoms with Crippen molar-refractivity contribution in [3.8, 4) is 11.3 Å². The third-order valence-corrected chi connectivity index (χ3v) is 5.01. The molecule has 30 heavy (non-hydrogen) atoms. The summed E-state index contributed by atoms with van der Waals surface area (Å²) in [6, 6.07) is 14.0. The number of urea groups is 1. The Bertz CT molecular complexity index is 1080. The Morgan fingerprint density at radius 3 is 2.30 bits per heavy atom. The molecule has 1 saturated heterocycles. The van der Waals surface area contributed by atoms with Crippen LogP contribution in [0.4, 0.5) is 22.0 Å². The zero-order valence-corrected chi connectivity index (χ0v) is 16.8. The number of Topliss-reactive ketones (excluding diaryl/α,β-unsaturated/α-hetero) is 1. The van der Waals surface area contributed by atoms with Gasteiger partial charge in [0.05, 0.1) is 0 Å². The van der Waals surface area contributed by atoms with Gasteiger partial charge < -0.3 is 15.5 Å². The fraction of sp³-hybridized carbons (Fsp3) is 0.217. The van der Waals surface area contributed by atoms with Gasteiger partial charge >= 0.3 is 6.03 Å². The first-order valence-electron chi connectivity index (χ1n) is 9.95. The number of benzene rings is 2. The number of aromatic nitrogens is 2. The number of ketones is 1. The third-order valence-electron chi connectivity index (χ3n) is 5.01. The lowest BCUT2D eigenvalue weighted by atomic mass is 10.1. The molecule has 0 aliphatic carbocycles. The Labute approximate surface area is 175 Å². The van der Waals surface area contributed by atoms with E-state index in [4.69, 9.17) is 0 Å². The average molecular weight is 401 g/mol. The van der Waals surface area contributed by atoms with E-state index >= 15 is 0 Å². The summed E-state index contributed by atoms with van der Waals surface area (Å²) >= 11 is 0. The maximum absolute atomic E-state index is 12.4. The molecule has 0 saturated carbocycles. The van der Waals surface area contributed by atoms with E-state index in [-0.39, 0.29) is 11.8 Å². The number of carbonyl (C=O) groups excluding carboxylic acids is 2. The van der Waals surface area contributed by atoms with E-state index in [9.17, 15) is 9.59 Å². The van der Waals surface area contributed by atoms with Crippen LogP contribution < -0.4 is 15.5 Å². The highest BCUT2D eigenvalue weighted by atomic mass is 16.2. The SMILES string of the molecule is CC(=O)c1cccc(NC(=O)Nc2cccc(-c3nccnc3N3CCCC3)c2)c1. The molecule has 3 aromatic rings. The van der Waals surface area contributed by atoms with Gasteiger partial charge in [-0.1, -0.05) is 24.3 Å². The molecule has 2 amide bonds. The topological polar surface area (TPSA) is 87.2 Å². The minimum Gasteiger partial charge on any atom is -0.355 e. The van der Waals surface area contributed by atoms with Crippen molar-refractivity contribution in [1.82, 2.24) is 9.97 Å². The van der Waals surface area contributed by atoms with Crippen LogP contribution in [-0.2, 0) is 0 Å². The Morgan fingerprint density at radius 2 is 1.57 bits per heavy atom. The number of carbonyl (C=O) groups is 2. The van der Waals surface area contributed by atoms with Crippen LogP contribution in [0, 0.1) is 0 Å². The fourth-order valence-corrected chi connectivity index (χ4v) is 3.55. The number of anilines is 3. The lowest BCUT2D eigenvalue weighted by Gasteiger charge is -2.19. The van der Waals surface area contributed by atoms with Crippen LogP contribution in [0.5, 0.6) is 0 Å². The van der Waals surface area contributed by atoms with Crippen LogP contribution in [0.1, 0.15) is 30.1 Å². The van der Waals surface area contributed by atoms with Crippen LogP contribution in [0.25, 0.3) is 11.3 Å². The summed E-state index contributed by atoms with van der Waals surface area (Å²) in [6.07, 6.45) is 5.71. The predicted octanol–water partition coefficient (Wildman–Crippen LogP) is 4.59. The summed E-state index contributed by atoms with van der Waals surface area (Å²) in [5.74, 6) is 0.821. The smallest absolute Gasteiger partial charge is 0.323 e. The second-order valence-electron chi connectivity index (χ2n) is 7.22. The first kappa shape index (κ1) is 19.6. The van der Waals surface area contributed by atoms with E-state index in [1.165, 1.54) is 6.92 Å². The largest absolute Gasteiger partial charge is 0.355 e. The van der Waals surface area contributed by atoms with Crippen molar-refractivity contribution in [3.05, 3.63) is 66.5 Å². The zero-order valence-electron chi connectivity index (χ0n) is 16.8. The van der Waals surface area contributed by atoms with Crippen LogP contribution in [0.3, 0.4) is 0 Å². The summed E-state index contributed by atoms with van der Waals surface area (Å²) in [7, 11) is 0. The number of nitrogens with zero attached hydrogens (tertiary/aromatic N) is 3. The number of rotatable bonds is 5. The quantitative estimate of drug-likeness (QED) is 0.611. The van der Waals surface area contributed by atoms with E-state index < -0.39 is 0 Å². The van der Waals surface area contributed by atoms with Gasteiger partial charge in [-0.05, 0) is 44.0 Å². The molecule has 4 rings (SSSR count). The molecular formula is C23H23N5O2. The second kappa shape index (κ2) is 8.73. The Balaban J connectivity index is 1.51. The molecule has 0 bridgehead atoms. The third kappa shape index (κ3) is 4.46. The van der Waals surface area contributed by atoms with Crippen LogP contribution in [-0.4, -0.2) is 34.9 Å². The molecule has 1 aliphatic rings. The summed E-state index contributed by atoms with van der Waals surface area (Å²) in [4.78, 5) is 35.3. The summed E-state index contributed by atoms with van der Waals surface area (Å²) in [6.45, 7) is 3.45. The molecule has 0 atom stereocenters. The number of amides is 2. The summed E-state index contributed by atoms with van der Waals surface area (Å²) in [5.41, 5.74) is 3.44. The van der Waals surface area contributed by atoms with Gasteiger partial charge in [0, 0.05) is 48.0 Å². The monoisotopic (exact) mass is 401 g/mol. The first-order chi connectivity index (χ1) is 14.6. The molecule has 2 aromatic carbocycles. The van der Waals surface area contributed by atoms with Gasteiger partial charge in [-0.2, -0.15) is 0 Å². The maximum Gasteiger partial charge on any atom is 0.323 e. The molecule has 1 aromatic heterocycles. The lowest BCUT2D eigenvalue weighted by molar-refractivity contribution is 0.101. The van der Waals surface area contributed by atoms with Gasteiger partial charge in [-0.3, -0.25) is 9.78 Å². The van der Waals surface area contributed by atoms with E-state index in [1.54, 1.807) is 36.7 Å². The minimum absolute atomic E-state index is 0.0514. The molecule has 2 N–H and O–H groups in total. The molecule has 0 radical (unpaired) electrons. The highest BCUT2D eigenvalue weighted by Gasteiger charge is 2.19. The number of nitrogens with one attached hydrogen (secondary N) is 2. The van der Waals surface area contributed by atoms with Gasteiger partial charge in [0.25, 0.3) is 0 Å². The average Bonchev–Trinajstić information content (AvgIpc) is 3.29. The highest BCUT2D eigenvalue weighted by molar-refractivity contribution is 6.01. The van der Waals surface area contributed by atoms with Crippen molar-refractivity contribution in [1.29, 1.82) is 0 Å². The predicted molar refractivity (Wildman–Crippen MR) is 118 cm³/mol. The Morgan fingerprint density at radius 1 is 0.900 bits per heavy atom. The van der Waals surface area contributed by atoms with E-state index in [0.717, 1.165) is 43.0 Å². The van der Waals surface area contributed by atoms with Gasteiger partial charge in [0.15, 0.2) is 11.6 Å². The van der Waals surface area contributed by atoms with Gasteiger partial charge in [0.2, 0.25) is 0 Å². The molecule has 1 fully saturated rings. The Kier molecular flexibility index (Phi) is 5.70. The molecule has 0 spiro atoms. The molecule has 0 unspecified atom stereocenters. The lowest BCUT2D eigenvalue weighted by Crippen LogP contribution is -2.20. The van der Waals surface area contributed by atoms with Gasteiger partial charge in [-0.15, -0.1) is 0 Å². The van der Waals surface area contributed by atoms with Crippen LogP contribution in [0.2, 0.25) is 0 Å². The van der Waals surface area contributed by atoms with Crippen LogP contribution >= 0.6 is 0 Å². The normalized spacial score (nSPS) is 13.2. The van der Waals surface area contributed by atoms with Crippen molar-refractivity contribution in [3.63, 3.8) is 0 Å². The number of hydrogen-bond donors (Lipinski definition) is 2. The molecular weight excluding hydrogens is 378 g/mol. The van der Waals surface area contributed by atoms with Crippen molar-refractivity contribution < 1.29 is 9.59 Å². The van der Waals surface area contributed by atoms with Gasteiger partial charge in [-0.25, -0.2) is 9.78 Å². The van der Waals surface area contributed by atoms with Crippen molar-refractivity contribution in [2.24, 2.45) is 0 Å². The molecule has 152 valence electrons. The number of hydrogen-bond acceptors (Lipinski definition) is 5. The first-order valence-corrected chi connectivity index (χ1v) is 9.95. The van der Waals surface area contributed by atoms with Crippen molar-refractivity contribution >= 4 is 29.0 Å². The van der Waals surface area contributed by atoms with Gasteiger partial charge in [0.1, 0.15) is 5.69 Å². The molecule has 2 heterocycles. The minimum atomic E-state index is -0.383. The molecule has 7 heteroatoms. The zero-order chi connectivity index (χ0) is 20.9. The molecule has 1 aliphatic heterocycles. The summed E-state index contributed by atoms with van der Waals surface area (Å²) in [5, 5.41) is 5.60. The molecule has 7 nitrogen and oxygen atoms in total. The van der Waals surface area contributed by atoms with E-state index in [2.05, 4.69) is 25.5 Å². The van der Waals surface area contributed by atoms with E-state index in [0.29, 0.717) is 16.9 Å². The van der Waals surface area contributed by atoms with Crippen molar-refractivity contribution in [2.75, 3.05) is 28.6 Å². The fourth-order valence-electron chi connectivity index (χ4n) is 3.55.